The van der Waals surface area contributed by atoms with E-state index in [0.717, 1.165) is 11.4 Å². The van der Waals surface area contributed by atoms with E-state index in [-0.39, 0.29) is 5.91 Å². The smallest absolute Gasteiger partial charge is 0.260 e. The molecule has 2 rings (SSSR count). The Morgan fingerprint density at radius 3 is 2.52 bits per heavy atom. The van der Waals surface area contributed by atoms with E-state index in [9.17, 15) is 4.79 Å². The Kier molecular flexibility index (Phi) is 4.68. The van der Waals surface area contributed by atoms with Crippen molar-refractivity contribution in [3.05, 3.63) is 59.4 Å². The molecule has 0 N–H and O–H groups in total. The molecule has 0 spiro atoms. The lowest BCUT2D eigenvalue weighted by Crippen LogP contribution is -2.32. The van der Waals surface area contributed by atoms with E-state index in [2.05, 4.69) is 11.1 Å². The zero-order chi connectivity index (χ0) is 15.2. The number of hydrogen-bond donors (Lipinski definition) is 0. The van der Waals surface area contributed by atoms with Gasteiger partial charge in [-0.2, -0.15) is 5.26 Å². The van der Waals surface area contributed by atoms with E-state index < -0.39 is 0 Å². The summed E-state index contributed by atoms with van der Waals surface area (Å²) in [6.07, 6.45) is 0.291. The van der Waals surface area contributed by atoms with Gasteiger partial charge in [-0.1, -0.05) is 18.2 Å². The Balaban J connectivity index is 2.37. The molecule has 1 aromatic heterocycles. The summed E-state index contributed by atoms with van der Waals surface area (Å²) in [6, 6.07) is 15.1. The number of nitrogens with zero attached hydrogens (tertiary/aromatic N) is 3. The van der Waals surface area contributed by atoms with Crippen LogP contribution in [-0.4, -0.2) is 17.4 Å². The third-order valence-electron chi connectivity index (χ3n) is 3.22. The molecule has 0 atom stereocenters. The molecule has 0 saturated heterocycles. The van der Waals surface area contributed by atoms with Crippen LogP contribution in [0.5, 0.6) is 0 Å². The van der Waals surface area contributed by atoms with E-state index in [0.29, 0.717) is 24.2 Å². The van der Waals surface area contributed by atoms with Crippen LogP contribution in [0.1, 0.15) is 28.2 Å². The average Bonchev–Trinajstić information content (AvgIpc) is 2.48. The SMILES string of the molecule is Cc1ccc(C(=O)N(CCC#N)c2ccccc2)c(C)n1. The van der Waals surface area contributed by atoms with Crippen LogP contribution in [0.4, 0.5) is 5.69 Å². The second-order valence-corrected chi connectivity index (χ2v) is 4.79. The maximum Gasteiger partial charge on any atom is 0.260 e. The van der Waals surface area contributed by atoms with Crippen LogP contribution in [0.15, 0.2) is 42.5 Å². The molecule has 0 radical (unpaired) electrons. The van der Waals surface area contributed by atoms with Crippen molar-refractivity contribution in [1.82, 2.24) is 4.98 Å². The lowest BCUT2D eigenvalue weighted by Gasteiger charge is -2.22. The fourth-order valence-corrected chi connectivity index (χ4v) is 2.18. The molecule has 0 aliphatic rings. The van der Waals surface area contributed by atoms with Gasteiger partial charge >= 0.3 is 0 Å². The van der Waals surface area contributed by atoms with E-state index in [1.165, 1.54) is 0 Å². The molecule has 1 heterocycles. The summed E-state index contributed by atoms with van der Waals surface area (Å²) in [5.41, 5.74) is 2.95. The molecule has 0 saturated carbocycles. The predicted molar refractivity (Wildman–Crippen MR) is 82.1 cm³/mol. The molecule has 4 nitrogen and oxygen atoms in total. The Hall–Kier alpha value is -2.67. The molecule has 4 heteroatoms. The summed E-state index contributed by atoms with van der Waals surface area (Å²) in [5.74, 6) is -0.124. The monoisotopic (exact) mass is 279 g/mol. The average molecular weight is 279 g/mol. The number of carbonyl (C=O) groups is 1. The molecule has 1 amide bonds. The number of rotatable bonds is 4. The molecule has 0 aliphatic carbocycles. The highest BCUT2D eigenvalue weighted by molar-refractivity contribution is 6.06. The van der Waals surface area contributed by atoms with Crippen LogP contribution < -0.4 is 4.90 Å². The van der Waals surface area contributed by atoms with Gasteiger partial charge in [-0.05, 0) is 38.1 Å². The van der Waals surface area contributed by atoms with Gasteiger partial charge in [-0.15, -0.1) is 0 Å². The Labute approximate surface area is 124 Å². The first kappa shape index (κ1) is 14.7. The largest absolute Gasteiger partial charge is 0.307 e. The van der Waals surface area contributed by atoms with E-state index in [1.807, 2.05) is 50.2 Å². The van der Waals surface area contributed by atoms with Gasteiger partial charge in [0.15, 0.2) is 0 Å². The minimum atomic E-state index is -0.124. The van der Waals surface area contributed by atoms with Crippen LogP contribution in [0, 0.1) is 25.2 Å². The number of anilines is 1. The summed E-state index contributed by atoms with van der Waals surface area (Å²) in [5, 5.41) is 8.81. The molecular formula is C17H17N3O. The summed E-state index contributed by atoms with van der Waals surface area (Å²) in [6.45, 7) is 4.09. The molecule has 0 fully saturated rings. The van der Waals surface area contributed by atoms with Crippen LogP contribution in [-0.2, 0) is 0 Å². The standard InChI is InChI=1S/C17H17N3O/c1-13-9-10-16(14(2)19-13)17(21)20(12-6-11-18)15-7-4-3-5-8-15/h3-5,7-10H,6,12H2,1-2H3. The predicted octanol–water partition coefficient (Wildman–Crippen LogP) is 3.26. The van der Waals surface area contributed by atoms with E-state index in [1.54, 1.807) is 11.0 Å². The number of aromatic nitrogens is 1. The van der Waals surface area contributed by atoms with Crippen molar-refractivity contribution < 1.29 is 4.79 Å². The van der Waals surface area contributed by atoms with Gasteiger partial charge in [0, 0.05) is 17.9 Å². The van der Waals surface area contributed by atoms with Gasteiger partial charge in [-0.3, -0.25) is 9.78 Å². The topological polar surface area (TPSA) is 57.0 Å². The zero-order valence-electron chi connectivity index (χ0n) is 12.2. The number of pyridine rings is 1. The first-order chi connectivity index (χ1) is 10.1. The second-order valence-electron chi connectivity index (χ2n) is 4.79. The van der Waals surface area contributed by atoms with Gasteiger partial charge in [0.1, 0.15) is 0 Å². The second kappa shape index (κ2) is 6.67. The van der Waals surface area contributed by atoms with Crippen LogP contribution in [0.25, 0.3) is 0 Å². The highest BCUT2D eigenvalue weighted by atomic mass is 16.2. The van der Waals surface area contributed by atoms with Crippen LogP contribution >= 0.6 is 0 Å². The molecule has 0 bridgehead atoms. The van der Waals surface area contributed by atoms with Crippen molar-refractivity contribution in [2.24, 2.45) is 0 Å². The van der Waals surface area contributed by atoms with Crippen molar-refractivity contribution >= 4 is 11.6 Å². The minimum absolute atomic E-state index is 0.124. The number of benzene rings is 1. The number of carbonyl (C=O) groups excluding carboxylic acids is 1. The van der Waals surface area contributed by atoms with Gasteiger partial charge in [-0.25, -0.2) is 0 Å². The third kappa shape index (κ3) is 3.46. The summed E-state index contributed by atoms with van der Waals surface area (Å²) in [4.78, 5) is 18.7. The lowest BCUT2D eigenvalue weighted by atomic mass is 10.1. The molecule has 21 heavy (non-hydrogen) atoms. The van der Waals surface area contributed by atoms with E-state index >= 15 is 0 Å². The van der Waals surface area contributed by atoms with Gasteiger partial charge in [0.2, 0.25) is 0 Å². The third-order valence-corrected chi connectivity index (χ3v) is 3.22. The summed E-state index contributed by atoms with van der Waals surface area (Å²) >= 11 is 0. The fourth-order valence-electron chi connectivity index (χ4n) is 2.18. The molecule has 2 aromatic rings. The molecule has 106 valence electrons. The molecule has 0 unspecified atom stereocenters. The maximum absolute atomic E-state index is 12.8. The number of aryl methyl sites for hydroxylation is 2. The minimum Gasteiger partial charge on any atom is -0.307 e. The fraction of sp³-hybridized carbons (Fsp3) is 0.235. The first-order valence-electron chi connectivity index (χ1n) is 6.81. The first-order valence-corrected chi connectivity index (χ1v) is 6.81. The number of para-hydroxylation sites is 1. The summed E-state index contributed by atoms with van der Waals surface area (Å²) in [7, 11) is 0. The summed E-state index contributed by atoms with van der Waals surface area (Å²) < 4.78 is 0. The van der Waals surface area contributed by atoms with Gasteiger partial charge in [0.25, 0.3) is 5.91 Å². The normalized spacial score (nSPS) is 9.95. The van der Waals surface area contributed by atoms with Crippen molar-refractivity contribution in [1.29, 1.82) is 5.26 Å². The van der Waals surface area contributed by atoms with Gasteiger partial charge in [0.05, 0.1) is 23.7 Å². The number of amides is 1. The molecular weight excluding hydrogens is 262 g/mol. The highest BCUT2D eigenvalue weighted by Gasteiger charge is 2.19. The maximum atomic E-state index is 12.8. The quantitative estimate of drug-likeness (QED) is 0.863. The van der Waals surface area contributed by atoms with Crippen LogP contribution in [0.2, 0.25) is 0 Å². The number of nitriles is 1. The van der Waals surface area contributed by atoms with Crippen molar-refractivity contribution in [3.8, 4) is 6.07 Å². The Morgan fingerprint density at radius 1 is 1.19 bits per heavy atom. The Morgan fingerprint density at radius 2 is 1.90 bits per heavy atom. The van der Waals surface area contributed by atoms with Crippen LogP contribution in [0.3, 0.4) is 0 Å². The highest BCUT2D eigenvalue weighted by Crippen LogP contribution is 2.18. The molecule has 1 aromatic carbocycles. The van der Waals surface area contributed by atoms with E-state index in [4.69, 9.17) is 5.26 Å². The number of hydrogen-bond acceptors (Lipinski definition) is 3. The van der Waals surface area contributed by atoms with Crippen molar-refractivity contribution in [2.75, 3.05) is 11.4 Å². The zero-order valence-corrected chi connectivity index (χ0v) is 12.2. The van der Waals surface area contributed by atoms with Crippen molar-refractivity contribution in [3.63, 3.8) is 0 Å². The van der Waals surface area contributed by atoms with Gasteiger partial charge < -0.3 is 4.90 Å². The lowest BCUT2D eigenvalue weighted by molar-refractivity contribution is 0.0986. The van der Waals surface area contributed by atoms with Crippen molar-refractivity contribution in [2.45, 2.75) is 20.3 Å². The Bertz CT molecular complexity index is 674. The molecule has 0 aliphatic heterocycles.